The van der Waals surface area contributed by atoms with Crippen LogP contribution in [0.5, 0.6) is 0 Å². The molecule has 0 spiro atoms. The zero-order valence-corrected chi connectivity index (χ0v) is 13.3. The largest absolute Gasteiger partial charge is 0.396 e. The molecule has 0 rings (SSSR count). The predicted molar refractivity (Wildman–Crippen MR) is 68.2 cm³/mol. The third-order valence-corrected chi connectivity index (χ3v) is 3.01. The van der Waals surface area contributed by atoms with Gasteiger partial charge in [-0.3, -0.25) is 0 Å². The fourth-order valence-electron chi connectivity index (χ4n) is 1.95. The molecule has 0 heterocycles. The van der Waals surface area contributed by atoms with Crippen molar-refractivity contribution in [1.82, 2.24) is 0 Å². The van der Waals surface area contributed by atoms with E-state index in [9.17, 15) is 0 Å². The van der Waals surface area contributed by atoms with Gasteiger partial charge in [-0.25, -0.2) is 0 Å². The molecule has 0 saturated carbocycles. The Morgan fingerprint density at radius 3 is 1.19 bits per heavy atom. The SMILES string of the molecule is CCCCCCCCCCCCCCO.[Nb]. The molecule has 1 N–H and O–H groups in total. The van der Waals surface area contributed by atoms with Crippen molar-refractivity contribution in [2.24, 2.45) is 0 Å². The van der Waals surface area contributed by atoms with Crippen LogP contribution >= 0.6 is 0 Å². The molecule has 16 heavy (non-hydrogen) atoms. The molecule has 0 aliphatic heterocycles. The van der Waals surface area contributed by atoms with Crippen molar-refractivity contribution in [3.8, 4) is 0 Å². The van der Waals surface area contributed by atoms with Gasteiger partial charge in [-0.05, 0) is 6.42 Å². The molecule has 0 unspecified atom stereocenters. The molecule has 2 heteroatoms. The maximum Gasteiger partial charge on any atom is 0.0431 e. The van der Waals surface area contributed by atoms with Crippen LogP contribution in [0.4, 0.5) is 0 Å². The summed E-state index contributed by atoms with van der Waals surface area (Å²) in [7, 11) is 0. The summed E-state index contributed by atoms with van der Waals surface area (Å²) >= 11 is 0. The minimum atomic E-state index is 0. The summed E-state index contributed by atoms with van der Waals surface area (Å²) in [5, 5.41) is 8.61. The van der Waals surface area contributed by atoms with E-state index in [0.29, 0.717) is 6.61 Å². The van der Waals surface area contributed by atoms with E-state index >= 15 is 0 Å². The van der Waals surface area contributed by atoms with Crippen LogP contribution in [0, 0.1) is 0 Å². The van der Waals surface area contributed by atoms with Gasteiger partial charge < -0.3 is 5.11 Å². The first-order chi connectivity index (χ1) is 7.41. The first-order valence-electron chi connectivity index (χ1n) is 7.02. The van der Waals surface area contributed by atoms with E-state index in [1.165, 1.54) is 70.6 Å². The van der Waals surface area contributed by atoms with Gasteiger partial charge in [-0.1, -0.05) is 77.6 Å². The molecule has 97 valence electrons. The first kappa shape index (κ1) is 19.0. The van der Waals surface area contributed by atoms with Crippen LogP contribution in [0.3, 0.4) is 0 Å². The molecule has 0 bridgehead atoms. The van der Waals surface area contributed by atoms with E-state index in [1.807, 2.05) is 0 Å². The van der Waals surface area contributed by atoms with E-state index < -0.39 is 0 Å². The quantitative estimate of drug-likeness (QED) is 0.410. The fourth-order valence-corrected chi connectivity index (χ4v) is 1.95. The van der Waals surface area contributed by atoms with Crippen LogP contribution in [0.15, 0.2) is 0 Å². The normalized spacial score (nSPS) is 10.1. The Labute approximate surface area is 118 Å². The van der Waals surface area contributed by atoms with Gasteiger partial charge in [0, 0.05) is 29.0 Å². The van der Waals surface area contributed by atoms with Gasteiger partial charge in [-0.2, -0.15) is 0 Å². The minimum absolute atomic E-state index is 0. The van der Waals surface area contributed by atoms with Crippen molar-refractivity contribution in [2.75, 3.05) is 6.61 Å². The Morgan fingerprint density at radius 1 is 0.562 bits per heavy atom. The van der Waals surface area contributed by atoms with Gasteiger partial charge in [0.15, 0.2) is 0 Å². The Hall–Kier alpha value is 0.700. The summed E-state index contributed by atoms with van der Waals surface area (Å²) in [6.07, 6.45) is 16.2. The minimum Gasteiger partial charge on any atom is -0.396 e. The predicted octanol–water partition coefficient (Wildman–Crippen LogP) is 4.68. The Kier molecular flexibility index (Phi) is 21.5. The van der Waals surface area contributed by atoms with Crippen molar-refractivity contribution in [2.45, 2.75) is 84.0 Å². The first-order valence-corrected chi connectivity index (χ1v) is 7.02. The van der Waals surface area contributed by atoms with Crippen molar-refractivity contribution in [1.29, 1.82) is 0 Å². The molecule has 0 aromatic carbocycles. The molecule has 0 saturated heterocycles. The molecule has 0 aliphatic carbocycles. The van der Waals surface area contributed by atoms with Crippen LogP contribution in [-0.4, -0.2) is 11.7 Å². The molecule has 1 radical (unpaired) electrons. The summed E-state index contributed by atoms with van der Waals surface area (Å²) in [5.74, 6) is 0. The van der Waals surface area contributed by atoms with Crippen LogP contribution in [0.2, 0.25) is 0 Å². The molecule has 0 aromatic heterocycles. The summed E-state index contributed by atoms with van der Waals surface area (Å²) in [4.78, 5) is 0. The van der Waals surface area contributed by atoms with E-state index in [-0.39, 0.29) is 22.4 Å². The van der Waals surface area contributed by atoms with Crippen LogP contribution in [0.25, 0.3) is 0 Å². The summed E-state index contributed by atoms with van der Waals surface area (Å²) in [6.45, 7) is 2.64. The number of unbranched alkanes of at least 4 members (excludes halogenated alkanes) is 11. The number of rotatable bonds is 12. The van der Waals surface area contributed by atoms with Gasteiger partial charge in [0.1, 0.15) is 0 Å². The number of aliphatic hydroxyl groups excluding tert-OH is 1. The Morgan fingerprint density at radius 2 is 0.875 bits per heavy atom. The average molecular weight is 307 g/mol. The molecule has 0 aromatic rings. The molecule has 0 amide bonds. The van der Waals surface area contributed by atoms with E-state index in [2.05, 4.69) is 6.92 Å². The maximum atomic E-state index is 8.61. The molecule has 1 nitrogen and oxygen atoms in total. The molecular formula is C14H30NbO. The summed E-state index contributed by atoms with van der Waals surface area (Å²) < 4.78 is 0. The van der Waals surface area contributed by atoms with E-state index in [1.54, 1.807) is 0 Å². The van der Waals surface area contributed by atoms with Crippen molar-refractivity contribution in [3.63, 3.8) is 0 Å². The maximum absolute atomic E-state index is 8.61. The third-order valence-electron chi connectivity index (χ3n) is 3.01. The van der Waals surface area contributed by atoms with E-state index in [4.69, 9.17) is 5.11 Å². The third kappa shape index (κ3) is 17.1. The Balaban J connectivity index is 0. The van der Waals surface area contributed by atoms with Crippen LogP contribution < -0.4 is 0 Å². The van der Waals surface area contributed by atoms with Crippen molar-refractivity contribution < 1.29 is 27.5 Å². The zero-order chi connectivity index (χ0) is 11.2. The number of hydrogen-bond acceptors (Lipinski definition) is 1. The van der Waals surface area contributed by atoms with Crippen LogP contribution in [-0.2, 0) is 22.4 Å². The Bertz CT molecular complexity index is 94.9. The fraction of sp³-hybridized carbons (Fsp3) is 1.00. The van der Waals surface area contributed by atoms with Crippen LogP contribution in [0.1, 0.15) is 84.0 Å². The van der Waals surface area contributed by atoms with Gasteiger partial charge >= 0.3 is 0 Å². The van der Waals surface area contributed by atoms with E-state index in [0.717, 1.165) is 6.42 Å². The van der Waals surface area contributed by atoms with Crippen molar-refractivity contribution in [3.05, 3.63) is 0 Å². The second-order valence-electron chi connectivity index (χ2n) is 4.61. The van der Waals surface area contributed by atoms with Gasteiger partial charge in [-0.15, -0.1) is 0 Å². The molecular weight excluding hydrogens is 277 g/mol. The van der Waals surface area contributed by atoms with Crippen molar-refractivity contribution >= 4 is 0 Å². The summed E-state index contributed by atoms with van der Waals surface area (Å²) in [5.41, 5.74) is 0. The smallest absolute Gasteiger partial charge is 0.0431 e. The summed E-state index contributed by atoms with van der Waals surface area (Å²) in [6, 6.07) is 0. The zero-order valence-electron chi connectivity index (χ0n) is 11.1. The topological polar surface area (TPSA) is 20.2 Å². The molecule has 0 fully saturated rings. The second-order valence-corrected chi connectivity index (χ2v) is 4.61. The average Bonchev–Trinajstić information content (AvgIpc) is 2.26. The number of hydrogen-bond donors (Lipinski definition) is 1. The second kappa shape index (κ2) is 18.1. The molecule has 0 atom stereocenters. The number of aliphatic hydroxyl groups is 1. The van der Waals surface area contributed by atoms with Gasteiger partial charge in [0.25, 0.3) is 0 Å². The molecule has 0 aliphatic rings. The van der Waals surface area contributed by atoms with Gasteiger partial charge in [0.2, 0.25) is 0 Å². The monoisotopic (exact) mass is 307 g/mol. The van der Waals surface area contributed by atoms with Gasteiger partial charge in [0.05, 0.1) is 0 Å². The standard InChI is InChI=1S/C14H30O.Nb/c1-2-3-4-5-6-7-8-9-10-11-12-13-14-15;/h15H,2-14H2,1H3;.